The Labute approximate surface area is 250 Å². The number of rotatable bonds is 7. The maximum Gasteiger partial charge on any atom is 0.341 e. The second-order valence-corrected chi connectivity index (χ2v) is 12.0. The van der Waals surface area contributed by atoms with Gasteiger partial charge in [-0.25, -0.2) is 9.59 Å². The van der Waals surface area contributed by atoms with Crippen molar-refractivity contribution in [1.29, 1.82) is 0 Å². The van der Waals surface area contributed by atoms with Gasteiger partial charge in [0, 0.05) is 16.5 Å². The number of hydrogen-bond acceptors (Lipinski definition) is 5. The Kier molecular flexibility index (Phi) is 7.07. The van der Waals surface area contributed by atoms with Gasteiger partial charge in [0.2, 0.25) is 0 Å². The lowest BCUT2D eigenvalue weighted by atomic mass is 9.81. The summed E-state index contributed by atoms with van der Waals surface area (Å²) in [6.07, 6.45) is 12.8. The molecule has 7 rings (SSSR count). The highest BCUT2D eigenvalue weighted by Crippen LogP contribution is 2.48. The lowest BCUT2D eigenvalue weighted by Crippen LogP contribution is -2.21. The van der Waals surface area contributed by atoms with Gasteiger partial charge in [0.15, 0.2) is 0 Å². The number of ether oxygens (including phenoxy) is 2. The van der Waals surface area contributed by atoms with Crippen LogP contribution in [0.3, 0.4) is 0 Å². The molecule has 2 aromatic heterocycles. The van der Waals surface area contributed by atoms with E-state index in [4.69, 9.17) is 14.6 Å². The second kappa shape index (κ2) is 11.1. The first-order chi connectivity index (χ1) is 21.0. The van der Waals surface area contributed by atoms with Gasteiger partial charge in [0.25, 0.3) is 0 Å². The van der Waals surface area contributed by atoms with Crippen LogP contribution in [0, 0.1) is 0 Å². The Morgan fingerprint density at radius 3 is 2.51 bits per heavy atom. The third-order valence-corrected chi connectivity index (χ3v) is 9.55. The number of methoxy groups -OCH3 is 1. The number of esters is 1. The van der Waals surface area contributed by atoms with E-state index in [0.717, 1.165) is 76.8 Å². The molecule has 43 heavy (non-hydrogen) atoms. The fourth-order valence-electron chi connectivity index (χ4n) is 7.27. The number of carboxylic acids is 1. The molecule has 0 radical (unpaired) electrons. The molecule has 0 amide bonds. The number of fused-ring (bicyclic) bond motifs is 5. The number of aromatic nitrogens is 3. The van der Waals surface area contributed by atoms with E-state index in [2.05, 4.69) is 22.8 Å². The summed E-state index contributed by atoms with van der Waals surface area (Å²) in [5, 5.41) is 15.8. The van der Waals surface area contributed by atoms with Crippen molar-refractivity contribution in [2.45, 2.75) is 76.8 Å². The molecule has 0 spiro atoms. The standard InChI is InChI=1S/C35H37N3O5/c1-3-43-35(41)29-19-36-38(25-10-7-11-25)32(29)24-16-23-17-26(42-2)13-15-27(23)33-31(21-8-5-4-6-9-21)28-14-12-22(34(39)40)18-30(28)37(33)20-24/h12-19,21,25H,3-11,20H2,1-2H3,(H,39,40). The molecular weight excluding hydrogens is 542 g/mol. The van der Waals surface area contributed by atoms with Crippen molar-refractivity contribution in [3.05, 3.63) is 70.5 Å². The van der Waals surface area contributed by atoms with Crippen molar-refractivity contribution >= 4 is 34.5 Å². The van der Waals surface area contributed by atoms with Crippen molar-refractivity contribution in [2.75, 3.05) is 13.7 Å². The second-order valence-electron chi connectivity index (χ2n) is 12.0. The Balaban J connectivity index is 1.52. The number of hydrogen-bond donors (Lipinski definition) is 1. The van der Waals surface area contributed by atoms with E-state index in [0.29, 0.717) is 18.0 Å². The fourth-order valence-corrected chi connectivity index (χ4v) is 7.27. The zero-order chi connectivity index (χ0) is 29.7. The Morgan fingerprint density at radius 2 is 1.81 bits per heavy atom. The lowest BCUT2D eigenvalue weighted by molar-refractivity contribution is 0.0525. The zero-order valence-electron chi connectivity index (χ0n) is 24.8. The van der Waals surface area contributed by atoms with Crippen LogP contribution < -0.4 is 4.74 Å². The molecule has 4 aromatic rings. The highest BCUT2D eigenvalue weighted by Gasteiger charge is 2.33. The van der Waals surface area contributed by atoms with Crippen molar-refractivity contribution in [1.82, 2.24) is 14.3 Å². The number of allylic oxidation sites excluding steroid dienone is 1. The van der Waals surface area contributed by atoms with Crippen LogP contribution in [-0.2, 0) is 11.3 Å². The maximum absolute atomic E-state index is 13.3. The minimum absolute atomic E-state index is 0.226. The van der Waals surface area contributed by atoms with Gasteiger partial charge in [-0.1, -0.05) is 25.3 Å². The van der Waals surface area contributed by atoms with Gasteiger partial charge in [-0.3, -0.25) is 4.68 Å². The fraction of sp³-hybridized carbons (Fsp3) is 0.400. The predicted molar refractivity (Wildman–Crippen MR) is 166 cm³/mol. The molecule has 1 aliphatic heterocycles. The van der Waals surface area contributed by atoms with E-state index in [-0.39, 0.29) is 24.2 Å². The van der Waals surface area contributed by atoms with Gasteiger partial charge in [0.1, 0.15) is 11.3 Å². The van der Waals surface area contributed by atoms with Gasteiger partial charge in [-0.05, 0) is 98.1 Å². The van der Waals surface area contributed by atoms with E-state index < -0.39 is 5.97 Å². The SMILES string of the molecule is CCOC(=O)c1cnn(C2CCC2)c1C1=Cc2cc(OC)ccc2-c2c(C3CCCCC3)c3ccc(C(=O)O)cc3n2C1. The van der Waals surface area contributed by atoms with Gasteiger partial charge < -0.3 is 19.1 Å². The third kappa shape index (κ3) is 4.64. The number of carbonyl (C=O) groups is 2. The number of aromatic carboxylic acids is 1. The number of benzene rings is 2. The van der Waals surface area contributed by atoms with Crippen molar-refractivity contribution in [3.63, 3.8) is 0 Å². The number of carboxylic acid groups (broad SMARTS) is 1. The molecule has 8 nitrogen and oxygen atoms in total. The minimum Gasteiger partial charge on any atom is -0.497 e. The molecule has 0 bridgehead atoms. The molecule has 3 aliphatic rings. The molecule has 2 fully saturated rings. The summed E-state index contributed by atoms with van der Waals surface area (Å²) in [5.74, 6) is -0.189. The van der Waals surface area contributed by atoms with E-state index in [1.807, 2.05) is 29.8 Å². The van der Waals surface area contributed by atoms with Crippen LogP contribution in [0.1, 0.15) is 108 Å². The smallest absolute Gasteiger partial charge is 0.341 e. The summed E-state index contributed by atoms with van der Waals surface area (Å²) in [5.41, 5.74) is 7.85. The molecule has 8 heteroatoms. The summed E-state index contributed by atoms with van der Waals surface area (Å²) in [6, 6.07) is 11.9. The highest BCUT2D eigenvalue weighted by atomic mass is 16.5. The van der Waals surface area contributed by atoms with E-state index in [9.17, 15) is 14.7 Å². The van der Waals surface area contributed by atoms with E-state index in [1.165, 1.54) is 24.8 Å². The largest absolute Gasteiger partial charge is 0.497 e. The Morgan fingerprint density at radius 1 is 1.00 bits per heavy atom. The topological polar surface area (TPSA) is 95.6 Å². The number of nitrogens with zero attached hydrogens (tertiary/aromatic N) is 3. The lowest BCUT2D eigenvalue weighted by Gasteiger charge is -2.28. The average molecular weight is 580 g/mol. The molecule has 2 saturated carbocycles. The monoisotopic (exact) mass is 579 g/mol. The molecule has 2 aliphatic carbocycles. The first kappa shape index (κ1) is 27.5. The van der Waals surface area contributed by atoms with Crippen LogP contribution in [0.25, 0.3) is 33.8 Å². The van der Waals surface area contributed by atoms with Gasteiger partial charge in [0.05, 0.1) is 49.5 Å². The average Bonchev–Trinajstić information content (AvgIpc) is 3.50. The minimum atomic E-state index is -0.946. The summed E-state index contributed by atoms with van der Waals surface area (Å²) >= 11 is 0. The Bertz CT molecular complexity index is 1770. The van der Waals surface area contributed by atoms with Gasteiger partial charge in [-0.2, -0.15) is 5.10 Å². The molecule has 222 valence electrons. The predicted octanol–water partition coefficient (Wildman–Crippen LogP) is 7.72. The van der Waals surface area contributed by atoms with E-state index >= 15 is 0 Å². The highest BCUT2D eigenvalue weighted by molar-refractivity contribution is 6.03. The van der Waals surface area contributed by atoms with Crippen LogP contribution in [0.15, 0.2) is 42.6 Å². The molecule has 3 heterocycles. The maximum atomic E-state index is 13.3. The van der Waals surface area contributed by atoms with Crippen molar-refractivity contribution in [3.8, 4) is 17.0 Å². The Hall–Kier alpha value is -4.33. The molecule has 0 unspecified atom stereocenters. The third-order valence-electron chi connectivity index (χ3n) is 9.55. The van der Waals surface area contributed by atoms with Crippen LogP contribution in [0.2, 0.25) is 0 Å². The molecule has 1 N–H and O–H groups in total. The molecule has 0 atom stereocenters. The van der Waals surface area contributed by atoms with Crippen molar-refractivity contribution < 1.29 is 24.2 Å². The van der Waals surface area contributed by atoms with Crippen LogP contribution in [0.5, 0.6) is 5.75 Å². The van der Waals surface area contributed by atoms with Gasteiger partial charge >= 0.3 is 11.9 Å². The molecular formula is C35H37N3O5. The first-order valence-electron chi connectivity index (χ1n) is 15.5. The van der Waals surface area contributed by atoms with Crippen LogP contribution in [0.4, 0.5) is 0 Å². The number of carbonyl (C=O) groups excluding carboxylic acids is 1. The summed E-state index contributed by atoms with van der Waals surface area (Å²) in [4.78, 5) is 25.4. The summed E-state index contributed by atoms with van der Waals surface area (Å²) in [7, 11) is 1.67. The quantitative estimate of drug-likeness (QED) is 0.225. The molecule has 2 aromatic carbocycles. The zero-order valence-corrected chi connectivity index (χ0v) is 24.8. The summed E-state index contributed by atoms with van der Waals surface area (Å²) < 4.78 is 15.5. The first-order valence-corrected chi connectivity index (χ1v) is 15.5. The van der Waals surface area contributed by atoms with Crippen molar-refractivity contribution in [2.24, 2.45) is 0 Å². The molecule has 0 saturated heterocycles. The summed E-state index contributed by atoms with van der Waals surface area (Å²) in [6.45, 7) is 2.55. The normalized spacial score (nSPS) is 17.0. The van der Waals surface area contributed by atoms with Crippen LogP contribution in [-0.4, -0.2) is 45.1 Å². The van der Waals surface area contributed by atoms with Crippen LogP contribution >= 0.6 is 0 Å². The van der Waals surface area contributed by atoms with Gasteiger partial charge in [-0.15, -0.1) is 0 Å². The van der Waals surface area contributed by atoms with E-state index in [1.54, 1.807) is 19.4 Å².